The number of carbonyl (C=O) groups excluding carboxylic acids is 3. The fraction of sp³-hybridized carbons (Fsp3) is 0.842. The van der Waals surface area contributed by atoms with Gasteiger partial charge in [-0.1, -0.05) is 53.3 Å². The molecule has 0 aromatic rings. The van der Waals surface area contributed by atoms with E-state index in [1.165, 1.54) is 18.7 Å². The van der Waals surface area contributed by atoms with Gasteiger partial charge in [0.1, 0.15) is 11.6 Å². The monoisotopic (exact) mass is 430 g/mol. The SMILES string of the molecule is CCC(C)C(=O)CC(C)S.CCC(C)C(=O)CC(C)SC(C)=O.CO.Cl. The molecule has 4 nitrogen and oxygen atoms in total. The Morgan fingerprint density at radius 3 is 1.50 bits per heavy atom. The number of halogens is 1. The molecule has 0 radical (unpaired) electrons. The van der Waals surface area contributed by atoms with Crippen LogP contribution in [0, 0.1) is 11.8 Å². The van der Waals surface area contributed by atoms with Crippen LogP contribution in [0.15, 0.2) is 0 Å². The first-order chi connectivity index (χ1) is 11.5. The van der Waals surface area contributed by atoms with Gasteiger partial charge < -0.3 is 5.11 Å². The van der Waals surface area contributed by atoms with Crippen molar-refractivity contribution in [1.29, 1.82) is 0 Å². The zero-order valence-electron chi connectivity index (χ0n) is 17.6. The summed E-state index contributed by atoms with van der Waals surface area (Å²) in [5.74, 6) is 0.957. The predicted octanol–water partition coefficient (Wildman–Crippen LogP) is 5.00. The second-order valence-corrected chi connectivity index (χ2v) is 8.73. The zero-order valence-corrected chi connectivity index (χ0v) is 20.1. The van der Waals surface area contributed by atoms with E-state index >= 15 is 0 Å². The van der Waals surface area contributed by atoms with Gasteiger partial charge in [0, 0.05) is 49.2 Å². The molecule has 7 heteroatoms. The fourth-order valence-corrected chi connectivity index (χ4v) is 2.75. The Morgan fingerprint density at radius 2 is 1.23 bits per heavy atom. The maximum Gasteiger partial charge on any atom is 0.186 e. The number of thioether (sulfide) groups is 1. The molecule has 0 bridgehead atoms. The minimum Gasteiger partial charge on any atom is -0.400 e. The van der Waals surface area contributed by atoms with Crippen LogP contribution in [0.5, 0.6) is 0 Å². The van der Waals surface area contributed by atoms with Crippen molar-refractivity contribution in [3.8, 4) is 0 Å². The summed E-state index contributed by atoms with van der Waals surface area (Å²) in [6.45, 7) is 13.4. The molecule has 0 heterocycles. The van der Waals surface area contributed by atoms with E-state index in [9.17, 15) is 14.4 Å². The number of thiol groups is 1. The number of Topliss-reactive ketones (excluding diaryl/α,β-unsaturated/α-hetero) is 2. The van der Waals surface area contributed by atoms with Crippen LogP contribution in [0.25, 0.3) is 0 Å². The van der Waals surface area contributed by atoms with Crippen molar-refractivity contribution in [2.75, 3.05) is 7.11 Å². The Bertz CT molecular complexity index is 377. The van der Waals surface area contributed by atoms with Crippen LogP contribution >= 0.6 is 36.8 Å². The van der Waals surface area contributed by atoms with Gasteiger partial charge in [-0.15, -0.1) is 12.4 Å². The van der Waals surface area contributed by atoms with Crippen molar-refractivity contribution in [1.82, 2.24) is 0 Å². The lowest BCUT2D eigenvalue weighted by Crippen LogP contribution is -2.15. The predicted molar refractivity (Wildman–Crippen MR) is 120 cm³/mol. The lowest BCUT2D eigenvalue weighted by Gasteiger charge is -2.11. The van der Waals surface area contributed by atoms with E-state index in [1.54, 1.807) is 0 Å². The van der Waals surface area contributed by atoms with Gasteiger partial charge in [-0.3, -0.25) is 14.4 Å². The fourth-order valence-electron chi connectivity index (χ4n) is 1.76. The van der Waals surface area contributed by atoms with Gasteiger partial charge in [0.05, 0.1) is 0 Å². The minimum absolute atomic E-state index is 0. The van der Waals surface area contributed by atoms with Crippen LogP contribution in [-0.2, 0) is 14.4 Å². The third kappa shape index (κ3) is 22.0. The smallest absolute Gasteiger partial charge is 0.186 e. The van der Waals surface area contributed by atoms with Crippen LogP contribution in [-0.4, -0.2) is 39.4 Å². The van der Waals surface area contributed by atoms with Crippen molar-refractivity contribution in [3.05, 3.63) is 0 Å². The Hall–Kier alpha value is -0.0400. The van der Waals surface area contributed by atoms with Crippen LogP contribution in [0.2, 0.25) is 0 Å². The zero-order chi connectivity index (χ0) is 20.6. The molecule has 0 spiro atoms. The summed E-state index contributed by atoms with van der Waals surface area (Å²) in [5, 5.41) is 7.42. The molecule has 1 N–H and O–H groups in total. The standard InChI is InChI=1S/C10H18O2S.C8H16OS.CH4O.ClH/c1-5-7(2)10(12)6-8(3)13-9(4)11;1-4-6(2)8(9)5-7(3)10;1-2;/h7-8H,5-6H2,1-4H3;6-7,10H,4-5H2,1-3H3;2H,1H3;1H. The number of ketones is 2. The molecule has 0 fully saturated rings. The van der Waals surface area contributed by atoms with Crippen LogP contribution in [0.3, 0.4) is 0 Å². The molecule has 0 aromatic carbocycles. The van der Waals surface area contributed by atoms with E-state index in [0.717, 1.165) is 20.0 Å². The van der Waals surface area contributed by atoms with E-state index in [-0.39, 0.29) is 45.6 Å². The largest absolute Gasteiger partial charge is 0.400 e. The summed E-state index contributed by atoms with van der Waals surface area (Å²) in [6, 6.07) is 0. The number of rotatable bonds is 9. The lowest BCUT2D eigenvalue weighted by atomic mass is 10.0. The maximum absolute atomic E-state index is 11.4. The average molecular weight is 431 g/mol. The molecule has 0 amide bonds. The van der Waals surface area contributed by atoms with E-state index < -0.39 is 0 Å². The molecule has 4 atom stereocenters. The minimum atomic E-state index is 0. The van der Waals surface area contributed by atoms with Crippen LogP contribution < -0.4 is 0 Å². The second-order valence-electron chi connectivity index (χ2n) is 6.23. The molecule has 0 saturated heterocycles. The number of hydrogen-bond acceptors (Lipinski definition) is 6. The summed E-state index contributed by atoms with van der Waals surface area (Å²) in [4.78, 5) is 33.3. The molecule has 0 aromatic heterocycles. The molecule has 0 saturated carbocycles. The van der Waals surface area contributed by atoms with Gasteiger partial charge >= 0.3 is 0 Å². The number of aliphatic hydroxyl groups is 1. The summed E-state index contributed by atoms with van der Waals surface area (Å²) < 4.78 is 0. The van der Waals surface area contributed by atoms with E-state index in [0.29, 0.717) is 18.6 Å². The van der Waals surface area contributed by atoms with Crippen molar-refractivity contribution >= 4 is 53.5 Å². The molecule has 26 heavy (non-hydrogen) atoms. The van der Waals surface area contributed by atoms with Crippen molar-refractivity contribution in [3.63, 3.8) is 0 Å². The van der Waals surface area contributed by atoms with E-state index in [1.807, 2.05) is 41.5 Å². The normalized spacial score (nSPS) is 14.1. The van der Waals surface area contributed by atoms with Crippen LogP contribution in [0.1, 0.15) is 74.1 Å². The molecule has 0 aliphatic carbocycles. The Balaban J connectivity index is -0.000000168. The first-order valence-electron chi connectivity index (χ1n) is 8.90. The van der Waals surface area contributed by atoms with Crippen LogP contribution in [0.4, 0.5) is 0 Å². The third-order valence-corrected chi connectivity index (χ3v) is 4.76. The van der Waals surface area contributed by atoms with Crippen molar-refractivity contribution in [2.45, 2.75) is 84.6 Å². The summed E-state index contributed by atoms with van der Waals surface area (Å²) in [6.07, 6.45) is 2.95. The van der Waals surface area contributed by atoms with Gasteiger partial charge in [0.25, 0.3) is 0 Å². The Labute approximate surface area is 176 Å². The quantitative estimate of drug-likeness (QED) is 0.503. The van der Waals surface area contributed by atoms with Crippen molar-refractivity contribution < 1.29 is 19.5 Å². The van der Waals surface area contributed by atoms with E-state index in [2.05, 4.69) is 12.6 Å². The lowest BCUT2D eigenvalue weighted by molar-refractivity contribution is -0.123. The summed E-state index contributed by atoms with van der Waals surface area (Å²) in [5.41, 5.74) is 0. The highest BCUT2D eigenvalue weighted by Crippen LogP contribution is 2.18. The average Bonchev–Trinajstić information content (AvgIpc) is 2.54. The second kappa shape index (κ2) is 21.3. The van der Waals surface area contributed by atoms with Gasteiger partial charge in [-0.25, -0.2) is 0 Å². The first-order valence-corrected chi connectivity index (χ1v) is 10.3. The molecular weight excluding hydrogens is 392 g/mol. The maximum atomic E-state index is 11.4. The highest BCUT2D eigenvalue weighted by atomic mass is 35.5. The highest BCUT2D eigenvalue weighted by Gasteiger charge is 2.15. The van der Waals surface area contributed by atoms with Gasteiger partial charge in [0.2, 0.25) is 0 Å². The molecule has 0 aliphatic heterocycles. The number of aliphatic hydroxyl groups excluding tert-OH is 1. The van der Waals surface area contributed by atoms with Crippen molar-refractivity contribution in [2.24, 2.45) is 11.8 Å². The molecule has 0 aliphatic rings. The van der Waals surface area contributed by atoms with Gasteiger partial charge in [-0.2, -0.15) is 12.6 Å². The topological polar surface area (TPSA) is 71.4 Å². The van der Waals surface area contributed by atoms with E-state index in [4.69, 9.17) is 5.11 Å². The Morgan fingerprint density at radius 1 is 0.885 bits per heavy atom. The first kappa shape index (κ1) is 33.5. The highest BCUT2D eigenvalue weighted by molar-refractivity contribution is 8.14. The van der Waals surface area contributed by atoms with Gasteiger partial charge in [0.15, 0.2) is 5.12 Å². The summed E-state index contributed by atoms with van der Waals surface area (Å²) in [7, 11) is 1.00. The third-order valence-electron chi connectivity index (χ3n) is 3.68. The Kier molecular flexibility index (Phi) is 27.4. The number of carbonyl (C=O) groups is 3. The molecule has 158 valence electrons. The number of hydrogen-bond donors (Lipinski definition) is 2. The summed E-state index contributed by atoms with van der Waals surface area (Å²) >= 11 is 5.40. The van der Waals surface area contributed by atoms with Gasteiger partial charge in [-0.05, 0) is 12.8 Å². The molecule has 4 unspecified atom stereocenters. The molecular formula is C19H39ClO4S2. The molecule has 0 rings (SSSR count).